The van der Waals surface area contributed by atoms with Crippen molar-refractivity contribution in [1.82, 2.24) is 9.97 Å². The average Bonchev–Trinajstić information content (AvgIpc) is 3.07. The van der Waals surface area contributed by atoms with E-state index < -0.39 is 0 Å². The van der Waals surface area contributed by atoms with Gasteiger partial charge in [-0.15, -0.1) is 11.3 Å². The zero-order valence-electron chi connectivity index (χ0n) is 10.1. The Kier molecular flexibility index (Phi) is 2.63. The third-order valence-electron chi connectivity index (χ3n) is 3.07. The van der Waals surface area contributed by atoms with Crippen LogP contribution in [0.2, 0.25) is 0 Å². The normalized spacial score (nSPS) is 15.2. The third kappa shape index (κ3) is 1.95. The molecule has 0 radical (unpaired) electrons. The maximum absolute atomic E-state index is 4.63. The Hall–Kier alpha value is -1.36. The quantitative estimate of drug-likeness (QED) is 0.903. The fraction of sp³-hybridized carbons (Fsp3) is 0.500. The van der Waals surface area contributed by atoms with Gasteiger partial charge in [0.15, 0.2) is 0 Å². The molecule has 90 valence electrons. The molecule has 17 heavy (non-hydrogen) atoms. The first-order valence-electron chi connectivity index (χ1n) is 6.01. The van der Waals surface area contributed by atoms with E-state index in [2.05, 4.69) is 45.6 Å². The lowest BCUT2D eigenvalue weighted by atomic mass is 10.3. The van der Waals surface area contributed by atoms with Crippen LogP contribution in [0, 0.1) is 0 Å². The number of aromatic nitrogens is 2. The minimum Gasteiger partial charge on any atom is -0.356 e. The van der Waals surface area contributed by atoms with E-state index in [0.29, 0.717) is 6.04 Å². The van der Waals surface area contributed by atoms with Gasteiger partial charge in [0.1, 0.15) is 10.6 Å². The molecule has 0 aliphatic heterocycles. The molecule has 0 amide bonds. The van der Waals surface area contributed by atoms with Gasteiger partial charge < -0.3 is 10.2 Å². The standard InChI is InChI=1S/C12H16N4S/c1-3-13-12-14-10(16(2)8-4-5-8)9-6-7-17-11(9)15-12/h6-8H,3-5H2,1-2H3,(H,13,14,15). The Morgan fingerprint density at radius 2 is 2.29 bits per heavy atom. The summed E-state index contributed by atoms with van der Waals surface area (Å²) in [7, 11) is 2.13. The number of hydrogen-bond donors (Lipinski definition) is 1. The summed E-state index contributed by atoms with van der Waals surface area (Å²) in [5.74, 6) is 1.81. The molecule has 2 heterocycles. The zero-order chi connectivity index (χ0) is 11.8. The van der Waals surface area contributed by atoms with Crippen molar-refractivity contribution in [3.63, 3.8) is 0 Å². The fourth-order valence-corrected chi connectivity index (χ4v) is 2.74. The summed E-state index contributed by atoms with van der Waals surface area (Å²) in [5, 5.41) is 6.46. The summed E-state index contributed by atoms with van der Waals surface area (Å²) in [6, 6.07) is 2.78. The Bertz CT molecular complexity index is 532. The number of rotatable bonds is 4. The second-order valence-electron chi connectivity index (χ2n) is 4.38. The van der Waals surface area contributed by atoms with Crippen molar-refractivity contribution in [2.75, 3.05) is 23.8 Å². The summed E-state index contributed by atoms with van der Waals surface area (Å²) in [6.07, 6.45) is 2.56. The van der Waals surface area contributed by atoms with E-state index in [-0.39, 0.29) is 0 Å². The van der Waals surface area contributed by atoms with Crippen LogP contribution in [0.3, 0.4) is 0 Å². The first kappa shape index (κ1) is 10.8. The van der Waals surface area contributed by atoms with Crippen LogP contribution < -0.4 is 10.2 Å². The van der Waals surface area contributed by atoms with Gasteiger partial charge >= 0.3 is 0 Å². The molecule has 0 bridgehead atoms. The van der Waals surface area contributed by atoms with E-state index in [9.17, 15) is 0 Å². The molecule has 2 aromatic heterocycles. The van der Waals surface area contributed by atoms with E-state index in [1.807, 2.05) is 0 Å². The van der Waals surface area contributed by atoms with Crippen LogP contribution in [0.1, 0.15) is 19.8 Å². The second-order valence-corrected chi connectivity index (χ2v) is 5.28. The summed E-state index contributed by atoms with van der Waals surface area (Å²) < 4.78 is 0. The topological polar surface area (TPSA) is 41.1 Å². The molecule has 5 heteroatoms. The highest BCUT2D eigenvalue weighted by atomic mass is 32.1. The Morgan fingerprint density at radius 1 is 1.47 bits per heavy atom. The van der Waals surface area contributed by atoms with Crippen LogP contribution >= 0.6 is 11.3 Å². The first-order chi connectivity index (χ1) is 8.29. The van der Waals surface area contributed by atoms with Crippen molar-refractivity contribution in [2.24, 2.45) is 0 Å². The molecule has 1 fully saturated rings. The highest BCUT2D eigenvalue weighted by Crippen LogP contribution is 2.34. The molecule has 1 aliphatic rings. The van der Waals surface area contributed by atoms with Crippen molar-refractivity contribution >= 4 is 33.3 Å². The molecule has 1 aliphatic carbocycles. The maximum Gasteiger partial charge on any atom is 0.226 e. The lowest BCUT2D eigenvalue weighted by Gasteiger charge is -2.18. The minimum atomic E-state index is 0.669. The molecule has 4 nitrogen and oxygen atoms in total. The van der Waals surface area contributed by atoms with Gasteiger partial charge in [-0.3, -0.25) is 0 Å². The summed E-state index contributed by atoms with van der Waals surface area (Å²) in [6.45, 7) is 2.91. The predicted molar refractivity (Wildman–Crippen MR) is 73.0 cm³/mol. The molecule has 0 spiro atoms. The number of hydrogen-bond acceptors (Lipinski definition) is 5. The van der Waals surface area contributed by atoms with E-state index >= 15 is 0 Å². The number of fused-ring (bicyclic) bond motifs is 1. The molecule has 1 saturated carbocycles. The highest BCUT2D eigenvalue weighted by molar-refractivity contribution is 7.16. The minimum absolute atomic E-state index is 0.669. The highest BCUT2D eigenvalue weighted by Gasteiger charge is 2.28. The van der Waals surface area contributed by atoms with Gasteiger partial charge in [-0.25, -0.2) is 4.98 Å². The zero-order valence-corrected chi connectivity index (χ0v) is 10.9. The number of thiophene rings is 1. The van der Waals surface area contributed by atoms with Gasteiger partial charge in [0.2, 0.25) is 5.95 Å². The summed E-state index contributed by atoms with van der Waals surface area (Å²) in [5.41, 5.74) is 0. The molecule has 2 aromatic rings. The Morgan fingerprint density at radius 3 is 3.00 bits per heavy atom. The van der Waals surface area contributed by atoms with E-state index in [0.717, 1.165) is 23.1 Å². The summed E-state index contributed by atoms with van der Waals surface area (Å²) >= 11 is 1.67. The van der Waals surface area contributed by atoms with Gasteiger partial charge in [0.05, 0.1) is 5.39 Å². The molecule has 0 atom stereocenters. The van der Waals surface area contributed by atoms with E-state index in [1.165, 1.54) is 18.2 Å². The molecule has 0 saturated heterocycles. The number of nitrogens with zero attached hydrogens (tertiary/aromatic N) is 3. The molecule has 3 rings (SSSR count). The van der Waals surface area contributed by atoms with Crippen LogP contribution in [-0.4, -0.2) is 29.6 Å². The fourth-order valence-electron chi connectivity index (χ4n) is 1.98. The van der Waals surface area contributed by atoms with Gasteiger partial charge in [0, 0.05) is 19.6 Å². The van der Waals surface area contributed by atoms with Gasteiger partial charge in [0.25, 0.3) is 0 Å². The largest absolute Gasteiger partial charge is 0.356 e. The van der Waals surface area contributed by atoms with Crippen LogP contribution in [0.25, 0.3) is 10.2 Å². The SMILES string of the molecule is CCNc1nc(N(C)C2CC2)c2ccsc2n1. The molecular weight excluding hydrogens is 232 g/mol. The van der Waals surface area contributed by atoms with Crippen molar-refractivity contribution in [2.45, 2.75) is 25.8 Å². The molecular formula is C12H16N4S. The van der Waals surface area contributed by atoms with Crippen molar-refractivity contribution in [3.05, 3.63) is 11.4 Å². The van der Waals surface area contributed by atoms with Gasteiger partial charge in [-0.05, 0) is 31.2 Å². The van der Waals surface area contributed by atoms with Crippen LogP contribution in [0.5, 0.6) is 0 Å². The lowest BCUT2D eigenvalue weighted by Crippen LogP contribution is -2.21. The summed E-state index contributed by atoms with van der Waals surface area (Å²) in [4.78, 5) is 12.5. The number of nitrogens with one attached hydrogen (secondary N) is 1. The number of anilines is 2. The Labute approximate surface area is 105 Å². The molecule has 0 unspecified atom stereocenters. The average molecular weight is 248 g/mol. The second kappa shape index (κ2) is 4.14. The van der Waals surface area contributed by atoms with E-state index in [4.69, 9.17) is 0 Å². The van der Waals surface area contributed by atoms with Gasteiger partial charge in [-0.1, -0.05) is 0 Å². The maximum atomic E-state index is 4.63. The monoisotopic (exact) mass is 248 g/mol. The Balaban J connectivity index is 2.08. The third-order valence-corrected chi connectivity index (χ3v) is 3.88. The van der Waals surface area contributed by atoms with E-state index in [1.54, 1.807) is 11.3 Å². The first-order valence-corrected chi connectivity index (χ1v) is 6.89. The van der Waals surface area contributed by atoms with Crippen molar-refractivity contribution in [1.29, 1.82) is 0 Å². The smallest absolute Gasteiger partial charge is 0.226 e. The predicted octanol–water partition coefficient (Wildman–Crippen LogP) is 2.72. The molecule has 0 aromatic carbocycles. The van der Waals surface area contributed by atoms with Crippen LogP contribution in [-0.2, 0) is 0 Å². The molecule has 1 N–H and O–H groups in total. The van der Waals surface area contributed by atoms with Crippen molar-refractivity contribution < 1.29 is 0 Å². The van der Waals surface area contributed by atoms with Crippen LogP contribution in [0.15, 0.2) is 11.4 Å². The van der Waals surface area contributed by atoms with Gasteiger partial charge in [-0.2, -0.15) is 4.98 Å². The van der Waals surface area contributed by atoms with Crippen LogP contribution in [0.4, 0.5) is 11.8 Å². The lowest BCUT2D eigenvalue weighted by molar-refractivity contribution is 0.894. The van der Waals surface area contributed by atoms with Crippen molar-refractivity contribution in [3.8, 4) is 0 Å².